The van der Waals surface area contributed by atoms with Crippen LogP contribution in [0.2, 0.25) is 0 Å². The normalized spacial score (nSPS) is 22.8. The molecule has 1 aromatic heterocycles. The van der Waals surface area contributed by atoms with Crippen molar-refractivity contribution in [1.29, 1.82) is 0 Å². The molecule has 0 aromatic carbocycles. The van der Waals surface area contributed by atoms with Gasteiger partial charge in [-0.25, -0.2) is 9.59 Å². The van der Waals surface area contributed by atoms with E-state index < -0.39 is 24.3 Å². The van der Waals surface area contributed by atoms with Crippen molar-refractivity contribution in [3.05, 3.63) is 21.9 Å². The second kappa shape index (κ2) is 12.7. The maximum Gasteiger partial charge on any atom is 0.490 e. The highest BCUT2D eigenvalue weighted by molar-refractivity contribution is 7.11. The quantitative estimate of drug-likeness (QED) is 0.583. The summed E-state index contributed by atoms with van der Waals surface area (Å²) in [6, 6.07) is 4.52. The molecule has 7 nitrogen and oxygen atoms in total. The molecular weight excluding hydrogens is 494 g/mol. The van der Waals surface area contributed by atoms with E-state index >= 15 is 0 Å². The van der Waals surface area contributed by atoms with Crippen LogP contribution >= 0.6 is 11.3 Å². The molecule has 3 rings (SSSR count). The zero-order valence-electron chi connectivity index (χ0n) is 18.8. The lowest BCUT2D eigenvalue weighted by Gasteiger charge is -2.35. The number of thiophene rings is 1. The Labute approximate surface area is 196 Å². The molecule has 0 radical (unpaired) electrons. The maximum atomic E-state index is 10.6. The van der Waals surface area contributed by atoms with Crippen LogP contribution in [0.5, 0.6) is 0 Å². The molecule has 196 valence electrons. The Morgan fingerprint density at radius 2 is 1.65 bits per heavy atom. The summed E-state index contributed by atoms with van der Waals surface area (Å²) in [6.45, 7) is 7.79. The number of carboxylic acid groups (broad SMARTS) is 2. The summed E-state index contributed by atoms with van der Waals surface area (Å²) in [4.78, 5) is 25.6. The summed E-state index contributed by atoms with van der Waals surface area (Å²) in [6.07, 6.45) is -8.41. The highest BCUT2D eigenvalue weighted by atomic mass is 32.1. The first-order chi connectivity index (χ1) is 15.5. The number of carbonyl (C=O) groups is 2. The first-order valence-corrected chi connectivity index (χ1v) is 11.0. The Balaban J connectivity index is 0.000000343. The lowest BCUT2D eigenvalue weighted by molar-refractivity contribution is -0.193. The number of alkyl halides is 6. The number of likely N-dealkylation sites (N-methyl/N-ethyl adjacent to an activating group) is 1. The van der Waals surface area contributed by atoms with Crippen LogP contribution in [-0.4, -0.2) is 90.7 Å². The molecule has 34 heavy (non-hydrogen) atoms. The zero-order valence-corrected chi connectivity index (χ0v) is 19.6. The number of aryl methyl sites for hydroxylation is 1. The molecule has 2 N–H and O–H groups in total. The van der Waals surface area contributed by atoms with Crippen molar-refractivity contribution in [2.45, 2.75) is 38.3 Å². The minimum Gasteiger partial charge on any atom is -0.475 e. The van der Waals surface area contributed by atoms with E-state index in [1.54, 1.807) is 0 Å². The number of likely N-dealkylation sites (tertiary alicyclic amines) is 1. The fraction of sp³-hybridized carbons (Fsp3) is 0.700. The van der Waals surface area contributed by atoms with Crippen molar-refractivity contribution in [3.63, 3.8) is 0 Å². The first kappa shape index (κ1) is 30.1. The molecule has 3 heterocycles. The van der Waals surface area contributed by atoms with Gasteiger partial charge in [0.15, 0.2) is 0 Å². The minimum atomic E-state index is -5.08. The first-order valence-electron chi connectivity index (χ1n) is 10.1. The Hall–Kier alpha value is -1.90. The number of fused-ring (bicyclic) bond motifs is 1. The predicted molar refractivity (Wildman–Crippen MR) is 112 cm³/mol. The van der Waals surface area contributed by atoms with Gasteiger partial charge in [0.25, 0.3) is 0 Å². The van der Waals surface area contributed by atoms with E-state index in [-0.39, 0.29) is 0 Å². The summed E-state index contributed by atoms with van der Waals surface area (Å²) < 4.78 is 69.5. The van der Waals surface area contributed by atoms with Gasteiger partial charge < -0.3 is 19.8 Å². The Kier molecular flexibility index (Phi) is 11.3. The number of hydrogen-bond donors (Lipinski definition) is 2. The van der Waals surface area contributed by atoms with Gasteiger partial charge in [-0.1, -0.05) is 0 Å². The summed E-state index contributed by atoms with van der Waals surface area (Å²) in [7, 11) is 4.29. The molecule has 0 bridgehead atoms. The summed E-state index contributed by atoms with van der Waals surface area (Å²) in [5.74, 6) is -3.99. The Morgan fingerprint density at radius 3 is 2.06 bits per heavy atom. The number of nitrogens with zero attached hydrogens (tertiary/aromatic N) is 2. The molecule has 0 saturated carbocycles. The number of halogens is 6. The molecule has 2 aliphatic rings. The smallest absolute Gasteiger partial charge is 0.475 e. The van der Waals surface area contributed by atoms with Crippen molar-refractivity contribution in [3.8, 4) is 0 Å². The van der Waals surface area contributed by atoms with Crippen LogP contribution in [-0.2, 0) is 20.9 Å². The fourth-order valence-electron chi connectivity index (χ4n) is 3.64. The highest BCUT2D eigenvalue weighted by Gasteiger charge is 2.41. The number of rotatable bonds is 4. The third-order valence-electron chi connectivity index (χ3n) is 5.08. The molecule has 2 aliphatic heterocycles. The molecule has 1 aromatic rings. The lowest BCUT2D eigenvalue weighted by atomic mass is 9.84. The monoisotopic (exact) mass is 522 g/mol. The van der Waals surface area contributed by atoms with Crippen LogP contribution in [0.3, 0.4) is 0 Å². The molecule has 0 amide bonds. The molecule has 2 fully saturated rings. The number of carboxylic acids is 2. The van der Waals surface area contributed by atoms with Crippen LogP contribution in [0, 0.1) is 18.8 Å². The van der Waals surface area contributed by atoms with Gasteiger partial charge in [-0.2, -0.15) is 26.3 Å². The van der Waals surface area contributed by atoms with Crippen LogP contribution < -0.4 is 0 Å². The number of piperidine rings is 1. The molecule has 0 spiro atoms. The SMILES string of the molecule is Cc1ccc(CN2CC[C@H]3[C@H](CO[C@H]3CN(C)C)C2)s1.O=C(O)C(F)(F)F.O=C(O)C(F)(F)F. The van der Waals surface area contributed by atoms with Crippen molar-refractivity contribution in [1.82, 2.24) is 9.80 Å². The van der Waals surface area contributed by atoms with Crippen molar-refractivity contribution >= 4 is 23.3 Å². The van der Waals surface area contributed by atoms with E-state index in [1.807, 2.05) is 11.3 Å². The van der Waals surface area contributed by atoms with Gasteiger partial charge >= 0.3 is 24.3 Å². The van der Waals surface area contributed by atoms with Gasteiger partial charge in [0, 0.05) is 35.3 Å². The molecule has 0 aliphatic carbocycles. The van der Waals surface area contributed by atoms with Gasteiger partial charge in [0.1, 0.15) is 0 Å². The Bertz CT molecular complexity index is 775. The Morgan fingerprint density at radius 1 is 1.12 bits per heavy atom. The summed E-state index contributed by atoms with van der Waals surface area (Å²) >= 11 is 1.94. The molecular formula is C20H28F6N2O5S. The van der Waals surface area contributed by atoms with Crippen LogP contribution in [0.1, 0.15) is 16.2 Å². The summed E-state index contributed by atoms with van der Waals surface area (Å²) in [5, 5.41) is 14.2. The van der Waals surface area contributed by atoms with Crippen molar-refractivity contribution < 1.29 is 50.9 Å². The second-order valence-corrected chi connectivity index (χ2v) is 9.57. The van der Waals surface area contributed by atoms with Gasteiger partial charge in [0.2, 0.25) is 0 Å². The average Bonchev–Trinajstić information content (AvgIpc) is 3.26. The highest BCUT2D eigenvalue weighted by Crippen LogP contribution is 2.35. The van der Waals surface area contributed by atoms with Crippen molar-refractivity contribution in [2.24, 2.45) is 11.8 Å². The van der Waals surface area contributed by atoms with E-state index in [9.17, 15) is 26.3 Å². The van der Waals surface area contributed by atoms with Gasteiger partial charge in [-0.3, -0.25) is 4.90 Å². The van der Waals surface area contributed by atoms with E-state index in [0.717, 1.165) is 31.5 Å². The molecule has 0 unspecified atom stereocenters. The van der Waals surface area contributed by atoms with Crippen LogP contribution in [0.15, 0.2) is 12.1 Å². The third-order valence-corrected chi connectivity index (χ3v) is 6.07. The van der Waals surface area contributed by atoms with E-state index in [0.29, 0.717) is 6.10 Å². The standard InChI is InChI=1S/C16H26N2OS.2C2HF3O2/c1-12-4-5-14(20-12)9-18-7-6-15-13(8-18)11-19-16(15)10-17(2)3;2*3-2(4,5)1(6)7/h4-5,13,15-16H,6-11H2,1-3H3;2*(H,6,7)/t13-,15-,16-;;/m0../s1. The second-order valence-electron chi connectivity index (χ2n) is 8.20. The summed E-state index contributed by atoms with van der Waals surface area (Å²) in [5.41, 5.74) is 0. The van der Waals surface area contributed by atoms with E-state index in [2.05, 4.69) is 43.0 Å². The van der Waals surface area contributed by atoms with Crippen LogP contribution in [0.4, 0.5) is 26.3 Å². The predicted octanol–water partition coefficient (Wildman–Crippen LogP) is 3.72. The largest absolute Gasteiger partial charge is 0.490 e. The lowest BCUT2D eigenvalue weighted by Crippen LogP contribution is -2.42. The molecule has 2 saturated heterocycles. The number of hydrogen-bond acceptors (Lipinski definition) is 6. The maximum absolute atomic E-state index is 10.6. The molecule has 14 heteroatoms. The number of aliphatic carboxylic acids is 2. The average molecular weight is 523 g/mol. The zero-order chi connectivity index (χ0) is 26.3. The fourth-order valence-corrected chi connectivity index (χ4v) is 4.58. The molecule has 3 atom stereocenters. The van der Waals surface area contributed by atoms with Gasteiger partial charge in [-0.05, 0) is 52.0 Å². The van der Waals surface area contributed by atoms with Gasteiger partial charge in [-0.15, -0.1) is 11.3 Å². The topological polar surface area (TPSA) is 90.3 Å². The van der Waals surface area contributed by atoms with Crippen LogP contribution in [0.25, 0.3) is 0 Å². The van der Waals surface area contributed by atoms with Crippen molar-refractivity contribution in [2.75, 3.05) is 40.3 Å². The van der Waals surface area contributed by atoms with Gasteiger partial charge in [0.05, 0.1) is 12.7 Å². The third kappa shape index (κ3) is 10.6. The minimum absolute atomic E-state index is 0.459. The van der Waals surface area contributed by atoms with E-state index in [1.165, 1.54) is 29.3 Å². The number of ether oxygens (including phenoxy) is 1. The van der Waals surface area contributed by atoms with E-state index in [4.69, 9.17) is 24.5 Å².